The molecule has 0 bridgehead atoms. The minimum absolute atomic E-state index is 0.0833. The minimum Gasteiger partial charge on any atom is -0.462 e. The maximum absolute atomic E-state index is 13.0. The minimum atomic E-state index is -4.96. The van der Waals surface area contributed by atoms with E-state index in [1.54, 1.807) is 0 Å². The van der Waals surface area contributed by atoms with Crippen molar-refractivity contribution in [3.8, 4) is 0 Å². The molecule has 0 amide bonds. The first kappa shape index (κ1) is 84.5. The number of phosphoric ester groups is 2. The van der Waals surface area contributed by atoms with Crippen LogP contribution in [0.1, 0.15) is 312 Å². The van der Waals surface area contributed by atoms with Gasteiger partial charge in [0.05, 0.1) is 26.4 Å². The van der Waals surface area contributed by atoms with Crippen molar-refractivity contribution in [1.29, 1.82) is 0 Å². The molecule has 0 heterocycles. The largest absolute Gasteiger partial charge is 0.472 e. The quantitative estimate of drug-likeness (QED) is 0.0169. The summed E-state index contributed by atoms with van der Waals surface area (Å²) in [6.07, 6.45) is 44.1. The van der Waals surface area contributed by atoms with Crippen LogP contribution in [0.5, 0.6) is 0 Å². The smallest absolute Gasteiger partial charge is 0.462 e. The molecule has 0 radical (unpaired) electrons. The lowest BCUT2D eigenvalue weighted by atomic mass is 10.0. The van der Waals surface area contributed by atoms with Crippen molar-refractivity contribution in [3.63, 3.8) is 0 Å². The molecule has 0 aromatic carbocycles. The number of esters is 4. The van der Waals surface area contributed by atoms with Crippen molar-refractivity contribution in [2.24, 2.45) is 17.8 Å². The second-order valence-electron chi connectivity index (χ2n) is 25.3. The molecule has 0 aromatic rings. The molecule has 3 N–H and O–H groups in total. The molecule has 2 unspecified atom stereocenters. The Morgan fingerprint density at radius 2 is 0.621 bits per heavy atom. The van der Waals surface area contributed by atoms with Gasteiger partial charge in [-0.25, -0.2) is 9.13 Å². The van der Waals surface area contributed by atoms with E-state index in [0.717, 1.165) is 121 Å². The zero-order valence-electron chi connectivity index (χ0n) is 56.0. The molecular formula is C68H128O17P2. The molecule has 0 spiro atoms. The Kier molecular flexibility index (Phi) is 57.0. The molecule has 0 saturated heterocycles. The summed E-state index contributed by atoms with van der Waals surface area (Å²) in [5.74, 6) is -0.0281. The van der Waals surface area contributed by atoms with Crippen molar-refractivity contribution < 1.29 is 80.2 Å². The second-order valence-corrected chi connectivity index (χ2v) is 28.2. The Morgan fingerprint density at radius 1 is 0.356 bits per heavy atom. The first-order valence-corrected chi connectivity index (χ1v) is 37.7. The number of allylic oxidation sites excluding steroid dienone is 4. The maximum atomic E-state index is 13.0. The first-order chi connectivity index (χ1) is 41.7. The third kappa shape index (κ3) is 62.1. The van der Waals surface area contributed by atoms with Gasteiger partial charge in [0.15, 0.2) is 12.2 Å². The summed E-state index contributed by atoms with van der Waals surface area (Å²) in [6, 6.07) is 0. The van der Waals surface area contributed by atoms with Crippen LogP contribution in [-0.2, 0) is 65.4 Å². The van der Waals surface area contributed by atoms with Crippen LogP contribution in [0, 0.1) is 17.8 Å². The molecule has 0 aliphatic rings. The van der Waals surface area contributed by atoms with E-state index in [1.165, 1.54) is 103 Å². The average molecular weight is 1280 g/mol. The molecule has 87 heavy (non-hydrogen) atoms. The molecule has 0 saturated carbocycles. The van der Waals surface area contributed by atoms with Gasteiger partial charge in [0.2, 0.25) is 0 Å². The normalized spacial score (nSPS) is 14.4. The van der Waals surface area contributed by atoms with E-state index in [1.807, 2.05) is 0 Å². The van der Waals surface area contributed by atoms with Gasteiger partial charge < -0.3 is 33.8 Å². The molecule has 0 aromatic heterocycles. The molecular weight excluding hydrogens is 1150 g/mol. The van der Waals surface area contributed by atoms with Crippen molar-refractivity contribution in [3.05, 3.63) is 24.3 Å². The standard InChI is InChI=1S/C68H128O17P2/c1-8-9-10-11-12-13-14-15-16-17-18-21-28-37-44-51-67(72)85-64(56-79-66(71)50-43-36-31-30-34-41-48-61(6)7)58-83-87(76,77)81-54-62(69)53-80-86(74,75)82-57-63(55-78-65(70)49-42-35-27-24-23-26-33-40-47-60(4)5)84-68(73)52-45-38-29-22-19-20-25-32-39-46-59(2)3/h13-16,59-64,69H,8-12,17-58H2,1-7H3,(H,74,75)(H,76,77)/b14-13-,16-15-/t62-,63-,64-/m1/s1. The SMILES string of the molecule is CCCCCC/C=C\C=C/CCCCCCCC(=O)O[C@H](COC(=O)CCCCCCCCC(C)C)COP(=O)(O)OC[C@H](O)COP(=O)(O)OC[C@@H](COC(=O)CCCCCCCCCCC(C)C)OC(=O)CCCCCCCCCCCC(C)C. The molecule has 512 valence electrons. The van der Waals surface area contributed by atoms with Gasteiger partial charge in [-0.2, -0.15) is 0 Å². The van der Waals surface area contributed by atoms with Gasteiger partial charge in [-0.15, -0.1) is 0 Å². The summed E-state index contributed by atoms with van der Waals surface area (Å²) in [5.41, 5.74) is 0. The summed E-state index contributed by atoms with van der Waals surface area (Å²) in [4.78, 5) is 72.4. The summed E-state index contributed by atoms with van der Waals surface area (Å²) in [5, 5.41) is 10.6. The summed E-state index contributed by atoms with van der Waals surface area (Å²) >= 11 is 0. The van der Waals surface area contributed by atoms with E-state index < -0.39 is 97.5 Å². The molecule has 0 aliphatic carbocycles. The van der Waals surface area contributed by atoms with Gasteiger partial charge in [-0.3, -0.25) is 37.3 Å². The van der Waals surface area contributed by atoms with Gasteiger partial charge in [-0.1, -0.05) is 259 Å². The average Bonchev–Trinajstić information content (AvgIpc) is 3.69. The van der Waals surface area contributed by atoms with Gasteiger partial charge in [0.25, 0.3) is 0 Å². The molecule has 19 heteroatoms. The van der Waals surface area contributed by atoms with Crippen LogP contribution in [0.15, 0.2) is 24.3 Å². The number of phosphoric acid groups is 2. The number of rotatable bonds is 64. The highest BCUT2D eigenvalue weighted by atomic mass is 31.2. The Morgan fingerprint density at radius 3 is 0.931 bits per heavy atom. The maximum Gasteiger partial charge on any atom is 0.472 e. The van der Waals surface area contributed by atoms with Crippen molar-refractivity contribution in [2.45, 2.75) is 330 Å². The fraction of sp³-hybridized carbons (Fsp3) is 0.882. The zero-order chi connectivity index (χ0) is 64.5. The Labute approximate surface area is 529 Å². The first-order valence-electron chi connectivity index (χ1n) is 34.7. The number of carbonyl (C=O) groups excluding carboxylic acids is 4. The summed E-state index contributed by atoms with van der Waals surface area (Å²) in [6.45, 7) is 11.6. The number of aliphatic hydroxyl groups is 1. The number of carbonyl (C=O) groups is 4. The van der Waals surface area contributed by atoms with Crippen LogP contribution in [0.2, 0.25) is 0 Å². The molecule has 0 aliphatic heterocycles. The van der Waals surface area contributed by atoms with Crippen LogP contribution in [0.25, 0.3) is 0 Å². The van der Waals surface area contributed by atoms with Crippen molar-refractivity contribution in [2.75, 3.05) is 39.6 Å². The van der Waals surface area contributed by atoms with Crippen LogP contribution in [0.3, 0.4) is 0 Å². The second kappa shape index (κ2) is 58.6. The van der Waals surface area contributed by atoms with E-state index in [9.17, 15) is 43.2 Å². The van der Waals surface area contributed by atoms with E-state index in [0.29, 0.717) is 31.6 Å². The summed E-state index contributed by atoms with van der Waals surface area (Å²) in [7, 11) is -9.91. The topological polar surface area (TPSA) is 237 Å². The molecule has 0 fully saturated rings. The lowest BCUT2D eigenvalue weighted by Gasteiger charge is -2.21. The Bertz CT molecular complexity index is 1810. The van der Waals surface area contributed by atoms with Crippen molar-refractivity contribution >= 4 is 39.5 Å². The molecule has 0 rings (SSSR count). The molecule has 17 nitrogen and oxygen atoms in total. The van der Waals surface area contributed by atoms with Crippen LogP contribution in [0.4, 0.5) is 0 Å². The van der Waals surface area contributed by atoms with Crippen LogP contribution < -0.4 is 0 Å². The Balaban J connectivity index is 5.28. The van der Waals surface area contributed by atoms with E-state index >= 15 is 0 Å². The Hall–Kier alpha value is -2.46. The van der Waals surface area contributed by atoms with Gasteiger partial charge in [0.1, 0.15) is 19.3 Å². The number of hydrogen-bond donors (Lipinski definition) is 3. The van der Waals surface area contributed by atoms with Crippen LogP contribution in [-0.4, -0.2) is 96.7 Å². The lowest BCUT2D eigenvalue weighted by molar-refractivity contribution is -0.161. The fourth-order valence-corrected chi connectivity index (χ4v) is 11.2. The number of ether oxygens (including phenoxy) is 4. The van der Waals surface area contributed by atoms with E-state index in [4.69, 9.17) is 37.0 Å². The zero-order valence-corrected chi connectivity index (χ0v) is 57.7. The highest BCUT2D eigenvalue weighted by molar-refractivity contribution is 7.47. The lowest BCUT2D eigenvalue weighted by Crippen LogP contribution is -2.30. The van der Waals surface area contributed by atoms with Gasteiger partial charge >= 0.3 is 39.5 Å². The predicted molar refractivity (Wildman–Crippen MR) is 349 cm³/mol. The fourth-order valence-electron chi connectivity index (χ4n) is 9.65. The number of unbranched alkanes of at least 4 members (excludes halogenated alkanes) is 29. The molecule has 5 atom stereocenters. The van der Waals surface area contributed by atoms with E-state index in [-0.39, 0.29) is 25.7 Å². The monoisotopic (exact) mass is 1280 g/mol. The van der Waals surface area contributed by atoms with Gasteiger partial charge in [-0.05, 0) is 69.1 Å². The predicted octanol–water partition coefficient (Wildman–Crippen LogP) is 18.6. The number of aliphatic hydroxyl groups excluding tert-OH is 1. The van der Waals surface area contributed by atoms with Gasteiger partial charge in [0, 0.05) is 25.7 Å². The summed E-state index contributed by atoms with van der Waals surface area (Å²) < 4.78 is 68.1. The highest BCUT2D eigenvalue weighted by Crippen LogP contribution is 2.45. The third-order valence-corrected chi connectivity index (χ3v) is 16.9. The van der Waals surface area contributed by atoms with E-state index in [2.05, 4.69) is 72.8 Å². The van der Waals surface area contributed by atoms with Crippen LogP contribution >= 0.6 is 15.6 Å². The third-order valence-electron chi connectivity index (χ3n) is 15.0. The number of hydrogen-bond acceptors (Lipinski definition) is 15. The highest BCUT2D eigenvalue weighted by Gasteiger charge is 2.30. The van der Waals surface area contributed by atoms with Crippen molar-refractivity contribution in [1.82, 2.24) is 0 Å².